The topological polar surface area (TPSA) is 12.5 Å². The van der Waals surface area contributed by atoms with Crippen LogP contribution >= 0.6 is 15.9 Å². The smallest absolute Gasteiger partial charge is 0.0773 e. The summed E-state index contributed by atoms with van der Waals surface area (Å²) in [6, 6.07) is 30.8. The van der Waals surface area contributed by atoms with E-state index in [0.29, 0.717) is 24.5 Å². The molecule has 0 unspecified atom stereocenters. The van der Waals surface area contributed by atoms with Crippen molar-refractivity contribution in [3.8, 4) is 0 Å². The molecule has 0 radical (unpaired) electrons. The molecule has 3 aromatic rings. The van der Waals surface area contributed by atoms with Crippen LogP contribution in [0.1, 0.15) is 35.4 Å². The largest absolute Gasteiger partial charge is 0.372 e. The monoisotopic (exact) mass is 461 g/mol. The van der Waals surface area contributed by atoms with E-state index in [0.717, 1.165) is 4.47 Å². The Morgan fingerprint density at radius 2 is 1.37 bits per heavy atom. The van der Waals surface area contributed by atoms with Crippen LogP contribution in [-0.2, 0) is 11.3 Å². The molecule has 2 atom stereocenters. The lowest BCUT2D eigenvalue weighted by Gasteiger charge is -2.53. The predicted octanol–water partition coefficient (Wildman–Crippen LogP) is 6.26. The normalized spacial score (nSPS) is 25.5. The molecule has 0 saturated carbocycles. The molecule has 154 valence electrons. The Morgan fingerprint density at radius 1 is 0.800 bits per heavy atom. The number of piperidine rings is 3. The number of hydrogen-bond donors (Lipinski definition) is 0. The Labute approximate surface area is 188 Å². The molecule has 3 aliphatic heterocycles. The van der Waals surface area contributed by atoms with Gasteiger partial charge in [0.15, 0.2) is 0 Å². The molecule has 0 aromatic heterocycles. The summed E-state index contributed by atoms with van der Waals surface area (Å²) in [5.41, 5.74) is 4.00. The maximum Gasteiger partial charge on any atom is 0.0773 e. The number of hydrogen-bond acceptors (Lipinski definition) is 2. The molecular formula is C27H28BrNO. The van der Waals surface area contributed by atoms with Gasteiger partial charge in [-0.25, -0.2) is 0 Å². The van der Waals surface area contributed by atoms with E-state index in [4.69, 9.17) is 4.74 Å². The van der Waals surface area contributed by atoms with Gasteiger partial charge in [0.2, 0.25) is 0 Å². The highest BCUT2D eigenvalue weighted by Gasteiger charge is 2.47. The van der Waals surface area contributed by atoms with Gasteiger partial charge in [-0.1, -0.05) is 94.8 Å². The van der Waals surface area contributed by atoms with E-state index < -0.39 is 0 Å². The Balaban J connectivity index is 1.50. The summed E-state index contributed by atoms with van der Waals surface area (Å²) in [7, 11) is 0. The number of nitrogens with zero attached hydrogens (tertiary/aromatic N) is 1. The zero-order valence-electron chi connectivity index (χ0n) is 17.2. The molecule has 0 amide bonds. The van der Waals surface area contributed by atoms with Crippen LogP contribution in [-0.4, -0.2) is 30.1 Å². The minimum atomic E-state index is 0.241. The average molecular weight is 462 g/mol. The van der Waals surface area contributed by atoms with Gasteiger partial charge in [0, 0.05) is 16.4 Å². The number of benzene rings is 3. The molecule has 2 nitrogen and oxygen atoms in total. The molecule has 0 spiro atoms. The van der Waals surface area contributed by atoms with E-state index in [1.807, 2.05) is 0 Å². The highest BCUT2D eigenvalue weighted by atomic mass is 79.9. The molecule has 3 heteroatoms. The maximum atomic E-state index is 6.75. The minimum absolute atomic E-state index is 0.241. The van der Waals surface area contributed by atoms with E-state index in [2.05, 4.69) is 106 Å². The minimum Gasteiger partial charge on any atom is -0.372 e. The molecule has 3 saturated heterocycles. The third-order valence-electron chi connectivity index (χ3n) is 6.85. The van der Waals surface area contributed by atoms with Crippen LogP contribution in [0.2, 0.25) is 0 Å². The zero-order valence-corrected chi connectivity index (χ0v) is 18.7. The lowest BCUT2D eigenvalue weighted by atomic mass is 9.72. The van der Waals surface area contributed by atoms with Crippen molar-refractivity contribution < 1.29 is 4.74 Å². The van der Waals surface area contributed by atoms with E-state index in [1.54, 1.807) is 0 Å². The molecule has 0 N–H and O–H groups in total. The standard InChI is InChI=1S/C27H28BrNO/c28-24-14-8-7-13-23(24)19-30-27-22-15-17-29(18-16-22)26(27)25(20-9-3-1-4-10-20)21-11-5-2-6-12-21/h1-14,22,25-27H,15-19H2/t26-,27-/m1/s1. The summed E-state index contributed by atoms with van der Waals surface area (Å²) in [6.07, 6.45) is 2.73. The highest BCUT2D eigenvalue weighted by molar-refractivity contribution is 9.10. The molecule has 3 heterocycles. The maximum absolute atomic E-state index is 6.75. The fourth-order valence-corrected chi connectivity index (χ4v) is 5.78. The summed E-state index contributed by atoms with van der Waals surface area (Å²) < 4.78 is 7.88. The number of halogens is 1. The summed E-state index contributed by atoms with van der Waals surface area (Å²) in [5.74, 6) is 0.956. The summed E-state index contributed by atoms with van der Waals surface area (Å²) in [4.78, 5) is 2.69. The van der Waals surface area contributed by atoms with E-state index >= 15 is 0 Å². The summed E-state index contributed by atoms with van der Waals surface area (Å²) in [6.45, 7) is 3.02. The summed E-state index contributed by atoms with van der Waals surface area (Å²) in [5, 5.41) is 0. The molecule has 6 rings (SSSR count). The first-order valence-electron chi connectivity index (χ1n) is 11.0. The van der Waals surface area contributed by atoms with Crippen LogP contribution in [0, 0.1) is 5.92 Å². The van der Waals surface area contributed by atoms with Crippen molar-refractivity contribution in [2.45, 2.75) is 37.5 Å². The predicted molar refractivity (Wildman–Crippen MR) is 126 cm³/mol. The van der Waals surface area contributed by atoms with Crippen LogP contribution in [0.3, 0.4) is 0 Å². The van der Waals surface area contributed by atoms with Crippen molar-refractivity contribution in [2.75, 3.05) is 13.1 Å². The first-order valence-corrected chi connectivity index (χ1v) is 11.8. The number of rotatable bonds is 6. The Morgan fingerprint density at radius 3 is 1.97 bits per heavy atom. The lowest BCUT2D eigenvalue weighted by Crippen LogP contribution is -2.60. The summed E-state index contributed by atoms with van der Waals surface area (Å²) >= 11 is 3.69. The lowest BCUT2D eigenvalue weighted by molar-refractivity contribution is -0.120. The van der Waals surface area contributed by atoms with E-state index in [1.165, 1.54) is 42.6 Å². The van der Waals surface area contributed by atoms with Crippen molar-refractivity contribution in [3.05, 3.63) is 106 Å². The number of ether oxygens (including phenoxy) is 1. The molecular weight excluding hydrogens is 434 g/mol. The third kappa shape index (κ3) is 3.99. The average Bonchev–Trinajstić information content (AvgIpc) is 2.81. The Hall–Kier alpha value is -1.94. The van der Waals surface area contributed by atoms with Gasteiger partial charge >= 0.3 is 0 Å². The van der Waals surface area contributed by atoms with Crippen LogP contribution in [0.5, 0.6) is 0 Å². The van der Waals surface area contributed by atoms with Gasteiger partial charge in [0.05, 0.1) is 12.7 Å². The second kappa shape index (κ2) is 9.05. The zero-order chi connectivity index (χ0) is 20.3. The fourth-order valence-electron chi connectivity index (χ4n) is 5.38. The first kappa shape index (κ1) is 20.0. The molecule has 30 heavy (non-hydrogen) atoms. The van der Waals surface area contributed by atoms with Gasteiger partial charge in [-0.15, -0.1) is 0 Å². The van der Waals surface area contributed by atoms with Crippen molar-refractivity contribution >= 4 is 15.9 Å². The SMILES string of the molecule is Brc1ccccc1CO[C@@H]1C2CCN(CC2)[C@@H]1C(c1ccccc1)c1ccccc1. The molecule has 3 aromatic carbocycles. The molecule has 3 aliphatic rings. The quantitative estimate of drug-likeness (QED) is 0.429. The van der Waals surface area contributed by atoms with E-state index in [-0.39, 0.29) is 6.10 Å². The van der Waals surface area contributed by atoms with Crippen LogP contribution < -0.4 is 0 Å². The molecule has 3 fully saturated rings. The van der Waals surface area contributed by atoms with Crippen LogP contribution in [0.25, 0.3) is 0 Å². The van der Waals surface area contributed by atoms with Gasteiger partial charge < -0.3 is 4.74 Å². The van der Waals surface area contributed by atoms with Crippen molar-refractivity contribution in [3.63, 3.8) is 0 Å². The van der Waals surface area contributed by atoms with Gasteiger partial charge in [-0.2, -0.15) is 0 Å². The second-order valence-electron chi connectivity index (χ2n) is 8.53. The third-order valence-corrected chi connectivity index (χ3v) is 7.62. The molecule has 2 bridgehead atoms. The Kier molecular flexibility index (Phi) is 6.03. The second-order valence-corrected chi connectivity index (χ2v) is 9.38. The van der Waals surface area contributed by atoms with Crippen LogP contribution in [0.15, 0.2) is 89.4 Å². The fraction of sp³-hybridized carbons (Fsp3) is 0.333. The number of fused-ring (bicyclic) bond motifs is 3. The van der Waals surface area contributed by atoms with E-state index in [9.17, 15) is 0 Å². The van der Waals surface area contributed by atoms with Gasteiger partial charge in [0.1, 0.15) is 0 Å². The molecule has 0 aliphatic carbocycles. The van der Waals surface area contributed by atoms with Gasteiger partial charge in [0.25, 0.3) is 0 Å². The van der Waals surface area contributed by atoms with Crippen molar-refractivity contribution in [2.24, 2.45) is 5.92 Å². The Bertz CT molecular complexity index is 913. The van der Waals surface area contributed by atoms with Gasteiger partial charge in [-0.3, -0.25) is 4.90 Å². The highest BCUT2D eigenvalue weighted by Crippen LogP contribution is 2.43. The van der Waals surface area contributed by atoms with Crippen LogP contribution in [0.4, 0.5) is 0 Å². The van der Waals surface area contributed by atoms with Gasteiger partial charge in [-0.05, 0) is 54.6 Å². The first-order chi connectivity index (χ1) is 14.8. The van der Waals surface area contributed by atoms with Crippen molar-refractivity contribution in [1.29, 1.82) is 0 Å². The van der Waals surface area contributed by atoms with Crippen molar-refractivity contribution in [1.82, 2.24) is 4.90 Å².